The molecule has 0 saturated carbocycles. The first-order chi connectivity index (χ1) is 15.3. The minimum atomic E-state index is -0.248. The summed E-state index contributed by atoms with van der Waals surface area (Å²) in [6, 6.07) is 10.7. The summed E-state index contributed by atoms with van der Waals surface area (Å²) in [6.07, 6.45) is 0.694. The topological polar surface area (TPSA) is 97.0 Å². The molecule has 0 atom stereocenters. The normalized spacial score (nSPS) is 15.2. The van der Waals surface area contributed by atoms with Gasteiger partial charge in [-0.2, -0.15) is 0 Å². The molecule has 32 heavy (non-hydrogen) atoms. The van der Waals surface area contributed by atoms with Crippen LogP contribution in [0.4, 0.5) is 5.69 Å². The molecule has 2 aromatic carbocycles. The second-order valence-electron chi connectivity index (χ2n) is 7.81. The van der Waals surface area contributed by atoms with Gasteiger partial charge in [-0.05, 0) is 49.7 Å². The van der Waals surface area contributed by atoms with Crippen molar-refractivity contribution in [3.8, 4) is 11.5 Å². The molecule has 0 bridgehead atoms. The van der Waals surface area contributed by atoms with E-state index in [1.54, 1.807) is 30.1 Å². The molecule has 0 aliphatic carbocycles. The number of anilines is 1. The van der Waals surface area contributed by atoms with Crippen molar-refractivity contribution in [2.75, 3.05) is 32.2 Å². The Bertz CT molecular complexity index is 1140. The fraction of sp³-hybridized carbons (Fsp3) is 0.292. The Morgan fingerprint density at radius 3 is 2.56 bits per heavy atom. The summed E-state index contributed by atoms with van der Waals surface area (Å²) in [5, 5.41) is 6.27. The second kappa shape index (κ2) is 8.74. The molecule has 4 rings (SSSR count). The number of nitrogens with zero attached hydrogens (tertiary/aromatic N) is 1. The summed E-state index contributed by atoms with van der Waals surface area (Å²) in [4.78, 5) is 38.0. The van der Waals surface area contributed by atoms with Crippen LogP contribution in [0, 0.1) is 0 Å². The van der Waals surface area contributed by atoms with Gasteiger partial charge in [0, 0.05) is 49.4 Å². The maximum Gasteiger partial charge on any atom is 0.258 e. The van der Waals surface area contributed by atoms with Crippen LogP contribution in [-0.4, -0.2) is 49.4 Å². The number of carbonyl (C=O) groups excluding carboxylic acids is 3. The number of benzene rings is 2. The summed E-state index contributed by atoms with van der Waals surface area (Å²) in [5.74, 6) is 0.935. The zero-order chi connectivity index (χ0) is 22.8. The molecule has 0 aromatic heterocycles. The van der Waals surface area contributed by atoms with E-state index in [-0.39, 0.29) is 24.4 Å². The minimum Gasteiger partial charge on any atom is -0.454 e. The summed E-state index contributed by atoms with van der Waals surface area (Å²) >= 11 is 0. The van der Waals surface area contributed by atoms with E-state index in [0.29, 0.717) is 59.1 Å². The van der Waals surface area contributed by atoms with E-state index in [0.717, 1.165) is 5.56 Å². The van der Waals surface area contributed by atoms with E-state index in [1.165, 1.54) is 13.8 Å². The van der Waals surface area contributed by atoms with Gasteiger partial charge in [0.25, 0.3) is 5.91 Å². The molecule has 8 nitrogen and oxygen atoms in total. The fourth-order valence-corrected chi connectivity index (χ4v) is 3.71. The van der Waals surface area contributed by atoms with Crippen LogP contribution in [0.1, 0.15) is 41.8 Å². The Hall–Kier alpha value is -3.81. The third-order valence-electron chi connectivity index (χ3n) is 5.59. The van der Waals surface area contributed by atoms with Gasteiger partial charge in [-0.15, -0.1) is 0 Å². The molecular formula is C24H25N3O5. The van der Waals surface area contributed by atoms with E-state index in [1.807, 2.05) is 18.2 Å². The van der Waals surface area contributed by atoms with Gasteiger partial charge in [0.05, 0.1) is 11.3 Å². The van der Waals surface area contributed by atoms with E-state index in [4.69, 9.17) is 9.47 Å². The average Bonchev–Trinajstić information content (AvgIpc) is 3.36. The summed E-state index contributed by atoms with van der Waals surface area (Å²) < 4.78 is 10.9. The lowest BCUT2D eigenvalue weighted by atomic mass is 9.97. The molecule has 0 spiro atoms. The maximum absolute atomic E-state index is 13.0. The monoisotopic (exact) mass is 435 g/mol. The van der Waals surface area contributed by atoms with Crippen molar-refractivity contribution in [2.45, 2.75) is 20.3 Å². The molecular weight excluding hydrogens is 410 g/mol. The highest BCUT2D eigenvalue weighted by molar-refractivity contribution is 6.36. The second-order valence-corrected chi connectivity index (χ2v) is 7.81. The molecule has 2 amide bonds. The Kier molecular flexibility index (Phi) is 5.85. The van der Waals surface area contributed by atoms with Crippen LogP contribution in [0.2, 0.25) is 0 Å². The van der Waals surface area contributed by atoms with Crippen LogP contribution in [0.25, 0.3) is 11.3 Å². The lowest BCUT2D eigenvalue weighted by Crippen LogP contribution is -2.27. The molecule has 2 aromatic rings. The summed E-state index contributed by atoms with van der Waals surface area (Å²) in [6.45, 7) is 4.31. The first-order valence-corrected chi connectivity index (χ1v) is 10.4. The van der Waals surface area contributed by atoms with E-state index < -0.39 is 0 Å². The van der Waals surface area contributed by atoms with Gasteiger partial charge in [-0.1, -0.05) is 0 Å². The number of fused-ring (bicyclic) bond motifs is 2. The standard InChI is InChI=1S/C24H25N3O5/c1-14(28)16-5-7-19-18(11-16)22(24(30)26-19)23(25-9-4-10-27(3)15(2)29)17-6-8-20-21(12-17)32-13-31-20/h5-8,11-12,25H,4,9-10,13H2,1-3H3,(H,26,30)/b23-22-. The van der Waals surface area contributed by atoms with Crippen LogP contribution >= 0.6 is 0 Å². The van der Waals surface area contributed by atoms with Crippen LogP contribution in [-0.2, 0) is 9.59 Å². The molecule has 2 aliphatic rings. The van der Waals surface area contributed by atoms with Crippen molar-refractivity contribution >= 4 is 34.6 Å². The molecule has 2 N–H and O–H groups in total. The van der Waals surface area contributed by atoms with Crippen LogP contribution in [0.5, 0.6) is 11.5 Å². The van der Waals surface area contributed by atoms with Crippen molar-refractivity contribution < 1.29 is 23.9 Å². The van der Waals surface area contributed by atoms with Gasteiger partial charge < -0.3 is 25.0 Å². The van der Waals surface area contributed by atoms with Crippen molar-refractivity contribution in [1.29, 1.82) is 0 Å². The molecule has 166 valence electrons. The van der Waals surface area contributed by atoms with Gasteiger partial charge in [-0.25, -0.2) is 0 Å². The number of nitrogens with one attached hydrogen (secondary N) is 2. The highest BCUT2D eigenvalue weighted by Gasteiger charge is 2.29. The van der Waals surface area contributed by atoms with E-state index in [2.05, 4.69) is 10.6 Å². The molecule has 0 fully saturated rings. The van der Waals surface area contributed by atoms with Gasteiger partial charge in [-0.3, -0.25) is 14.4 Å². The first kappa shape index (κ1) is 21.4. The maximum atomic E-state index is 13.0. The predicted octanol–water partition coefficient (Wildman–Crippen LogP) is 2.90. The van der Waals surface area contributed by atoms with Gasteiger partial charge in [0.1, 0.15) is 0 Å². The van der Waals surface area contributed by atoms with E-state index >= 15 is 0 Å². The highest BCUT2D eigenvalue weighted by Crippen LogP contribution is 2.39. The third-order valence-corrected chi connectivity index (χ3v) is 5.59. The quantitative estimate of drug-likeness (QED) is 0.394. The van der Waals surface area contributed by atoms with Gasteiger partial charge >= 0.3 is 0 Å². The number of amides is 2. The van der Waals surface area contributed by atoms with Crippen LogP contribution in [0.15, 0.2) is 36.4 Å². The number of hydrogen-bond acceptors (Lipinski definition) is 6. The summed E-state index contributed by atoms with van der Waals surface area (Å²) in [7, 11) is 1.75. The van der Waals surface area contributed by atoms with Gasteiger partial charge in [0.15, 0.2) is 17.3 Å². The molecule has 0 saturated heterocycles. The van der Waals surface area contributed by atoms with Crippen molar-refractivity contribution in [3.05, 3.63) is 53.1 Å². The lowest BCUT2D eigenvalue weighted by Gasteiger charge is -2.18. The Labute approximate surface area is 186 Å². The number of hydrogen-bond donors (Lipinski definition) is 2. The number of Topliss-reactive ketones (excluding diaryl/α,β-unsaturated/α-hetero) is 1. The lowest BCUT2D eigenvalue weighted by molar-refractivity contribution is -0.127. The number of ketones is 1. The van der Waals surface area contributed by atoms with Gasteiger partial charge in [0.2, 0.25) is 12.7 Å². The first-order valence-electron chi connectivity index (χ1n) is 10.4. The minimum absolute atomic E-state index is 0.000194. The van der Waals surface area contributed by atoms with E-state index in [9.17, 15) is 14.4 Å². The van der Waals surface area contributed by atoms with Crippen molar-refractivity contribution in [2.24, 2.45) is 0 Å². The fourth-order valence-electron chi connectivity index (χ4n) is 3.71. The molecule has 0 radical (unpaired) electrons. The molecule has 2 aliphatic heterocycles. The Morgan fingerprint density at radius 2 is 1.81 bits per heavy atom. The smallest absolute Gasteiger partial charge is 0.258 e. The van der Waals surface area contributed by atoms with Crippen molar-refractivity contribution in [3.63, 3.8) is 0 Å². The van der Waals surface area contributed by atoms with Crippen molar-refractivity contribution in [1.82, 2.24) is 10.2 Å². The Balaban J connectivity index is 1.73. The number of carbonyl (C=O) groups is 3. The Morgan fingerprint density at radius 1 is 1.06 bits per heavy atom. The van der Waals surface area contributed by atoms with Crippen LogP contribution < -0.4 is 20.1 Å². The number of ether oxygens (including phenoxy) is 2. The highest BCUT2D eigenvalue weighted by atomic mass is 16.7. The zero-order valence-electron chi connectivity index (χ0n) is 18.3. The molecule has 8 heteroatoms. The largest absolute Gasteiger partial charge is 0.454 e. The predicted molar refractivity (Wildman–Crippen MR) is 120 cm³/mol. The zero-order valence-corrected chi connectivity index (χ0v) is 18.3. The number of rotatable bonds is 7. The molecule has 2 heterocycles. The summed E-state index contributed by atoms with van der Waals surface area (Å²) in [5.41, 5.74) is 3.72. The SMILES string of the molecule is CC(=O)c1ccc2c(c1)/C(=C(/NCCCN(C)C(C)=O)c1ccc3c(c1)OCO3)C(=O)N2. The third kappa shape index (κ3) is 4.16. The molecule has 0 unspecified atom stereocenters. The average molecular weight is 435 g/mol. The van der Waals surface area contributed by atoms with Crippen LogP contribution in [0.3, 0.4) is 0 Å².